The van der Waals surface area contributed by atoms with Crippen molar-refractivity contribution in [1.29, 1.82) is 0 Å². The number of fused-ring (bicyclic) bond motifs is 1. The number of aryl methyl sites for hydroxylation is 1. The Morgan fingerprint density at radius 3 is 2.76 bits per heavy atom. The highest BCUT2D eigenvalue weighted by atomic mass is 32.1. The van der Waals surface area contributed by atoms with E-state index in [1.54, 1.807) is 11.3 Å². The number of anilines is 1. The Morgan fingerprint density at radius 1 is 1.38 bits per heavy atom. The lowest BCUT2D eigenvalue weighted by Gasteiger charge is -2.20. The van der Waals surface area contributed by atoms with E-state index in [-0.39, 0.29) is 0 Å². The van der Waals surface area contributed by atoms with Gasteiger partial charge in [-0.15, -0.1) is 17.8 Å². The maximum absolute atomic E-state index is 5.92. The molecule has 21 heavy (non-hydrogen) atoms. The summed E-state index contributed by atoms with van der Waals surface area (Å²) in [7, 11) is 0. The van der Waals surface area contributed by atoms with Crippen LogP contribution in [0.3, 0.4) is 0 Å². The largest absolute Gasteiger partial charge is 0.458 e. The lowest BCUT2D eigenvalue weighted by Crippen LogP contribution is -2.26. The number of thiophene rings is 1. The molecule has 0 aliphatic carbocycles. The normalized spacial score (nSPS) is 11.4. The highest BCUT2D eigenvalue weighted by molar-refractivity contribution is 7.18. The van der Waals surface area contributed by atoms with Crippen molar-refractivity contribution in [3.63, 3.8) is 0 Å². The zero-order valence-corrected chi connectivity index (χ0v) is 13.8. The molecule has 0 aliphatic heterocycles. The van der Waals surface area contributed by atoms with E-state index in [0.717, 1.165) is 29.6 Å². The summed E-state index contributed by atoms with van der Waals surface area (Å²) in [5.41, 5.74) is -0.697. The van der Waals surface area contributed by atoms with Crippen molar-refractivity contribution in [1.82, 2.24) is 9.97 Å². The molecule has 0 bridgehead atoms. The molecular weight excluding hydrogens is 282 g/mol. The van der Waals surface area contributed by atoms with E-state index in [2.05, 4.69) is 41.1 Å². The Morgan fingerprint density at radius 2 is 2.14 bits per heavy atom. The topological polar surface area (TPSA) is 47.0 Å². The highest BCUT2D eigenvalue weighted by Crippen LogP contribution is 2.33. The Kier molecular flexibility index (Phi) is 4.69. The van der Waals surface area contributed by atoms with Crippen LogP contribution in [0.4, 0.5) is 5.95 Å². The molecule has 4 nitrogen and oxygen atoms in total. The average Bonchev–Trinajstić information content (AvgIpc) is 2.88. The Balaban J connectivity index is 2.48. The van der Waals surface area contributed by atoms with Crippen LogP contribution in [0.2, 0.25) is 0 Å². The third-order valence-corrected chi connectivity index (χ3v) is 4.16. The number of terminal acetylenes is 1. The number of nitrogens with one attached hydrogen (secondary N) is 1. The van der Waals surface area contributed by atoms with Crippen molar-refractivity contribution in [2.45, 2.75) is 46.1 Å². The van der Waals surface area contributed by atoms with Crippen LogP contribution in [0, 0.1) is 12.3 Å². The second kappa shape index (κ2) is 6.31. The van der Waals surface area contributed by atoms with Crippen LogP contribution in [0.5, 0.6) is 5.88 Å². The lowest BCUT2D eigenvalue weighted by atomic mass is 10.1. The fraction of sp³-hybridized carbons (Fsp3) is 0.500. The van der Waals surface area contributed by atoms with Crippen LogP contribution in [-0.2, 0) is 6.42 Å². The highest BCUT2D eigenvalue weighted by Gasteiger charge is 2.20. The molecular formula is C16H21N3OS. The van der Waals surface area contributed by atoms with E-state index < -0.39 is 5.60 Å². The molecule has 5 heteroatoms. The van der Waals surface area contributed by atoms with Crippen LogP contribution in [0.1, 0.15) is 39.0 Å². The van der Waals surface area contributed by atoms with Crippen molar-refractivity contribution in [3.05, 3.63) is 10.9 Å². The van der Waals surface area contributed by atoms with E-state index in [1.165, 1.54) is 4.88 Å². The van der Waals surface area contributed by atoms with Crippen molar-refractivity contribution in [2.75, 3.05) is 11.9 Å². The van der Waals surface area contributed by atoms with Crippen LogP contribution in [-0.4, -0.2) is 22.1 Å². The molecule has 0 saturated heterocycles. The van der Waals surface area contributed by atoms with Crippen molar-refractivity contribution in [3.8, 4) is 18.2 Å². The number of aromatic nitrogens is 2. The minimum absolute atomic E-state index is 0.553. The molecule has 0 amide bonds. The standard InChI is InChI=1S/C16H21N3OS/c1-6-9-17-15-18-13(20-16(4,5)8-3)12-10-11(7-2)21-14(12)19-15/h3,10H,6-7,9H2,1-2,4-5H3,(H,17,18,19). The van der Waals surface area contributed by atoms with E-state index in [0.29, 0.717) is 11.8 Å². The zero-order chi connectivity index (χ0) is 15.5. The third kappa shape index (κ3) is 3.64. The molecule has 0 spiro atoms. The average molecular weight is 303 g/mol. The molecule has 0 aromatic carbocycles. The summed E-state index contributed by atoms with van der Waals surface area (Å²) in [5.74, 6) is 3.79. The number of ether oxygens (including phenoxy) is 1. The summed E-state index contributed by atoms with van der Waals surface area (Å²) >= 11 is 1.67. The number of hydrogen-bond acceptors (Lipinski definition) is 5. The molecule has 0 radical (unpaired) electrons. The van der Waals surface area contributed by atoms with Gasteiger partial charge in [0, 0.05) is 11.4 Å². The maximum Gasteiger partial charge on any atom is 0.228 e. The van der Waals surface area contributed by atoms with E-state index in [9.17, 15) is 0 Å². The van der Waals surface area contributed by atoms with Crippen LogP contribution in [0.25, 0.3) is 10.2 Å². The minimum Gasteiger partial charge on any atom is -0.458 e. The molecule has 0 fully saturated rings. The quantitative estimate of drug-likeness (QED) is 0.823. The van der Waals surface area contributed by atoms with Crippen molar-refractivity contribution < 1.29 is 4.74 Å². The molecule has 0 aliphatic rings. The smallest absolute Gasteiger partial charge is 0.228 e. The molecule has 112 valence electrons. The summed E-state index contributed by atoms with van der Waals surface area (Å²) in [4.78, 5) is 11.2. The molecule has 0 saturated carbocycles. The van der Waals surface area contributed by atoms with Crippen molar-refractivity contribution in [2.24, 2.45) is 0 Å². The van der Waals surface area contributed by atoms with E-state index >= 15 is 0 Å². The van der Waals surface area contributed by atoms with Gasteiger partial charge in [0.2, 0.25) is 11.8 Å². The van der Waals surface area contributed by atoms with Gasteiger partial charge in [-0.05, 0) is 32.8 Å². The van der Waals surface area contributed by atoms with Gasteiger partial charge in [-0.1, -0.05) is 19.8 Å². The summed E-state index contributed by atoms with van der Waals surface area (Å²) in [6.07, 6.45) is 7.50. The first-order valence-corrected chi connectivity index (χ1v) is 8.01. The molecule has 2 aromatic heterocycles. The van der Waals surface area contributed by atoms with Gasteiger partial charge < -0.3 is 10.1 Å². The molecule has 1 N–H and O–H groups in total. The number of rotatable bonds is 6. The predicted octanol–water partition coefficient (Wildman–Crippen LogP) is 3.87. The SMILES string of the molecule is C#CC(C)(C)Oc1nc(NCCC)nc2sc(CC)cc12. The van der Waals surface area contributed by atoms with Gasteiger partial charge in [0.05, 0.1) is 5.39 Å². The van der Waals surface area contributed by atoms with Gasteiger partial charge in [-0.2, -0.15) is 4.98 Å². The second-order valence-electron chi connectivity index (χ2n) is 5.32. The Hall–Kier alpha value is -1.80. The fourth-order valence-corrected chi connectivity index (χ4v) is 2.74. The minimum atomic E-state index is -0.697. The summed E-state index contributed by atoms with van der Waals surface area (Å²) in [5, 5.41) is 4.14. The van der Waals surface area contributed by atoms with Crippen molar-refractivity contribution >= 4 is 27.5 Å². The van der Waals surface area contributed by atoms with Gasteiger partial charge in [0.25, 0.3) is 0 Å². The first kappa shape index (κ1) is 15.6. The maximum atomic E-state index is 5.92. The molecule has 0 atom stereocenters. The van der Waals surface area contributed by atoms with Gasteiger partial charge >= 0.3 is 0 Å². The van der Waals surface area contributed by atoms with E-state index in [4.69, 9.17) is 11.2 Å². The molecule has 2 heterocycles. The zero-order valence-electron chi connectivity index (χ0n) is 13.0. The second-order valence-corrected chi connectivity index (χ2v) is 6.44. The summed E-state index contributed by atoms with van der Waals surface area (Å²) in [6.45, 7) is 8.76. The molecule has 2 rings (SSSR count). The third-order valence-electron chi connectivity index (χ3n) is 2.99. The van der Waals surface area contributed by atoms with E-state index in [1.807, 2.05) is 13.8 Å². The number of nitrogens with zero attached hydrogens (tertiary/aromatic N) is 2. The molecule has 0 unspecified atom stereocenters. The monoisotopic (exact) mass is 303 g/mol. The van der Waals surface area contributed by atoms with Gasteiger partial charge in [0.15, 0.2) is 5.60 Å². The van der Waals surface area contributed by atoms with Crippen LogP contribution < -0.4 is 10.1 Å². The first-order valence-electron chi connectivity index (χ1n) is 7.20. The fourth-order valence-electron chi connectivity index (χ4n) is 1.78. The predicted molar refractivity (Wildman–Crippen MR) is 89.1 cm³/mol. The molecule has 2 aromatic rings. The van der Waals surface area contributed by atoms with Gasteiger partial charge in [-0.3, -0.25) is 0 Å². The Labute approximate surface area is 130 Å². The number of hydrogen-bond donors (Lipinski definition) is 1. The summed E-state index contributed by atoms with van der Waals surface area (Å²) < 4.78 is 5.92. The van der Waals surface area contributed by atoms with Gasteiger partial charge in [-0.25, -0.2) is 4.98 Å². The lowest BCUT2D eigenvalue weighted by molar-refractivity contribution is 0.167. The first-order chi connectivity index (χ1) is 9.99. The van der Waals surface area contributed by atoms with Crippen LogP contribution >= 0.6 is 11.3 Å². The Bertz CT molecular complexity index is 670. The van der Waals surface area contributed by atoms with Gasteiger partial charge in [0.1, 0.15) is 4.83 Å². The van der Waals surface area contributed by atoms with Crippen LogP contribution in [0.15, 0.2) is 6.07 Å². The summed E-state index contributed by atoms with van der Waals surface area (Å²) in [6, 6.07) is 2.09.